The molecule has 2 aromatic heterocycles. The van der Waals surface area contributed by atoms with Gasteiger partial charge in [-0.25, -0.2) is 9.97 Å². The van der Waals surface area contributed by atoms with Crippen molar-refractivity contribution in [2.24, 2.45) is 0 Å². The standard InChI is InChI=1S/C17H23N5O2/c23-16(5-10-21-11-8-18-14-21)20-12-17(24)6-3-9-22(13-17)15-4-1-2-7-19-15/h1-2,4,7-8,11,14,24H,3,5-6,9-10,12-13H2,(H,20,23). The number of amides is 1. The molecule has 0 aromatic carbocycles. The molecule has 3 rings (SSSR count). The van der Waals surface area contributed by atoms with E-state index in [1.54, 1.807) is 18.7 Å². The quantitative estimate of drug-likeness (QED) is 0.820. The van der Waals surface area contributed by atoms with E-state index < -0.39 is 5.60 Å². The molecule has 7 heteroatoms. The molecule has 0 aliphatic carbocycles. The maximum absolute atomic E-state index is 12.0. The Labute approximate surface area is 141 Å². The fourth-order valence-corrected chi connectivity index (χ4v) is 2.99. The van der Waals surface area contributed by atoms with Crippen molar-refractivity contribution in [1.29, 1.82) is 0 Å². The minimum absolute atomic E-state index is 0.0629. The molecule has 1 aliphatic heterocycles. The molecule has 0 radical (unpaired) electrons. The van der Waals surface area contributed by atoms with Crippen molar-refractivity contribution in [3.8, 4) is 0 Å². The second kappa shape index (κ2) is 7.44. The van der Waals surface area contributed by atoms with Crippen molar-refractivity contribution in [2.45, 2.75) is 31.4 Å². The molecule has 0 bridgehead atoms. The molecule has 1 saturated heterocycles. The van der Waals surface area contributed by atoms with Gasteiger partial charge in [-0.1, -0.05) is 6.07 Å². The summed E-state index contributed by atoms with van der Waals surface area (Å²) in [6, 6.07) is 5.75. The van der Waals surface area contributed by atoms with Gasteiger partial charge in [0.2, 0.25) is 5.91 Å². The van der Waals surface area contributed by atoms with Crippen LogP contribution in [-0.4, -0.2) is 50.8 Å². The summed E-state index contributed by atoms with van der Waals surface area (Å²) in [5.41, 5.74) is -0.916. The monoisotopic (exact) mass is 329 g/mol. The lowest BCUT2D eigenvalue weighted by atomic mass is 9.92. The molecule has 1 amide bonds. The van der Waals surface area contributed by atoms with Crippen molar-refractivity contribution in [3.05, 3.63) is 43.1 Å². The number of nitrogens with one attached hydrogen (secondary N) is 1. The summed E-state index contributed by atoms with van der Waals surface area (Å²) in [4.78, 5) is 22.4. The number of carbonyl (C=O) groups excluding carboxylic acids is 1. The van der Waals surface area contributed by atoms with E-state index in [9.17, 15) is 9.90 Å². The number of rotatable bonds is 6. The third-order valence-corrected chi connectivity index (χ3v) is 4.30. The molecule has 2 N–H and O–H groups in total. The largest absolute Gasteiger partial charge is 0.386 e. The van der Waals surface area contributed by atoms with Crippen molar-refractivity contribution >= 4 is 11.7 Å². The number of aromatic nitrogens is 3. The number of hydrogen-bond acceptors (Lipinski definition) is 5. The lowest BCUT2D eigenvalue weighted by molar-refractivity contribution is -0.122. The number of β-amino-alcohol motifs (C(OH)–C–C–N with tert-alkyl or cyclic N) is 1. The summed E-state index contributed by atoms with van der Waals surface area (Å²) in [6.07, 6.45) is 8.88. The van der Waals surface area contributed by atoms with E-state index in [2.05, 4.69) is 20.2 Å². The van der Waals surface area contributed by atoms with Gasteiger partial charge in [-0.2, -0.15) is 0 Å². The SMILES string of the molecule is O=C(CCn1ccnc1)NCC1(O)CCCN(c2ccccn2)C1. The van der Waals surface area contributed by atoms with Crippen LogP contribution in [0.3, 0.4) is 0 Å². The first-order valence-electron chi connectivity index (χ1n) is 8.25. The molecule has 0 saturated carbocycles. The zero-order valence-electron chi connectivity index (χ0n) is 13.6. The van der Waals surface area contributed by atoms with E-state index in [-0.39, 0.29) is 12.5 Å². The van der Waals surface area contributed by atoms with Gasteiger partial charge in [-0.05, 0) is 25.0 Å². The summed E-state index contributed by atoms with van der Waals surface area (Å²) >= 11 is 0. The van der Waals surface area contributed by atoms with Crippen molar-refractivity contribution in [3.63, 3.8) is 0 Å². The highest BCUT2D eigenvalue weighted by molar-refractivity contribution is 5.75. The van der Waals surface area contributed by atoms with Gasteiger partial charge >= 0.3 is 0 Å². The van der Waals surface area contributed by atoms with E-state index in [0.717, 1.165) is 18.8 Å². The summed E-state index contributed by atoms with van der Waals surface area (Å²) in [5.74, 6) is 0.800. The van der Waals surface area contributed by atoms with Crippen LogP contribution in [0.5, 0.6) is 0 Å². The third kappa shape index (κ3) is 4.32. The molecule has 24 heavy (non-hydrogen) atoms. The van der Waals surface area contributed by atoms with Crippen LogP contribution >= 0.6 is 0 Å². The van der Waals surface area contributed by atoms with E-state index in [0.29, 0.717) is 25.9 Å². The Kier molecular flexibility index (Phi) is 5.10. The first kappa shape index (κ1) is 16.4. The van der Waals surface area contributed by atoms with Crippen LogP contribution in [0.25, 0.3) is 0 Å². The van der Waals surface area contributed by atoms with Gasteiger partial charge in [-0.15, -0.1) is 0 Å². The molecular formula is C17H23N5O2. The zero-order valence-corrected chi connectivity index (χ0v) is 13.6. The number of nitrogens with zero attached hydrogens (tertiary/aromatic N) is 4. The highest BCUT2D eigenvalue weighted by Gasteiger charge is 2.34. The predicted molar refractivity (Wildman–Crippen MR) is 90.5 cm³/mol. The van der Waals surface area contributed by atoms with Gasteiger partial charge in [0, 0.05) is 51.2 Å². The van der Waals surface area contributed by atoms with Gasteiger partial charge in [0.25, 0.3) is 0 Å². The molecule has 1 atom stereocenters. The molecule has 1 aliphatic rings. The van der Waals surface area contributed by atoms with Crippen molar-refractivity contribution in [2.75, 3.05) is 24.5 Å². The second-order valence-corrected chi connectivity index (χ2v) is 6.26. The Hall–Kier alpha value is -2.41. The number of aryl methyl sites for hydroxylation is 1. The van der Waals surface area contributed by atoms with Crippen molar-refractivity contribution < 1.29 is 9.90 Å². The maximum Gasteiger partial charge on any atom is 0.221 e. The summed E-state index contributed by atoms with van der Waals surface area (Å²) in [6.45, 7) is 2.20. The molecular weight excluding hydrogens is 306 g/mol. The molecule has 1 fully saturated rings. The number of piperidine rings is 1. The fraction of sp³-hybridized carbons (Fsp3) is 0.471. The molecule has 1 unspecified atom stereocenters. The molecule has 7 nitrogen and oxygen atoms in total. The van der Waals surface area contributed by atoms with Crippen LogP contribution in [0.4, 0.5) is 5.82 Å². The van der Waals surface area contributed by atoms with Gasteiger partial charge in [-0.3, -0.25) is 4.79 Å². The molecule has 128 valence electrons. The Bertz CT molecular complexity index is 646. The zero-order chi connectivity index (χ0) is 16.8. The minimum atomic E-state index is -0.916. The second-order valence-electron chi connectivity index (χ2n) is 6.26. The smallest absolute Gasteiger partial charge is 0.221 e. The van der Waals surface area contributed by atoms with Gasteiger partial charge in [0.05, 0.1) is 11.9 Å². The van der Waals surface area contributed by atoms with Crippen LogP contribution in [0, 0.1) is 0 Å². The molecule has 3 heterocycles. The van der Waals surface area contributed by atoms with Crippen LogP contribution in [0.15, 0.2) is 43.1 Å². The van der Waals surface area contributed by atoms with Gasteiger partial charge in [0.1, 0.15) is 5.82 Å². The Morgan fingerprint density at radius 3 is 3.04 bits per heavy atom. The summed E-state index contributed by atoms with van der Waals surface area (Å²) in [5, 5.41) is 13.7. The van der Waals surface area contributed by atoms with Crippen LogP contribution < -0.4 is 10.2 Å². The first-order chi connectivity index (χ1) is 11.6. The molecule has 2 aromatic rings. The van der Waals surface area contributed by atoms with Crippen LogP contribution in [0.2, 0.25) is 0 Å². The molecule has 0 spiro atoms. The number of anilines is 1. The average molecular weight is 329 g/mol. The summed E-state index contributed by atoms with van der Waals surface area (Å²) in [7, 11) is 0. The maximum atomic E-state index is 12.0. The van der Waals surface area contributed by atoms with Gasteiger partial charge in [0.15, 0.2) is 0 Å². The van der Waals surface area contributed by atoms with Crippen LogP contribution in [-0.2, 0) is 11.3 Å². The highest BCUT2D eigenvalue weighted by Crippen LogP contribution is 2.24. The number of aliphatic hydroxyl groups is 1. The highest BCUT2D eigenvalue weighted by atomic mass is 16.3. The first-order valence-corrected chi connectivity index (χ1v) is 8.25. The topological polar surface area (TPSA) is 83.3 Å². The van der Waals surface area contributed by atoms with E-state index in [1.807, 2.05) is 29.0 Å². The van der Waals surface area contributed by atoms with Gasteiger partial charge < -0.3 is 19.9 Å². The lowest BCUT2D eigenvalue weighted by Gasteiger charge is -2.39. The third-order valence-electron chi connectivity index (χ3n) is 4.30. The Balaban J connectivity index is 1.49. The van der Waals surface area contributed by atoms with E-state index in [4.69, 9.17) is 0 Å². The Morgan fingerprint density at radius 2 is 2.29 bits per heavy atom. The van der Waals surface area contributed by atoms with Crippen LogP contribution in [0.1, 0.15) is 19.3 Å². The predicted octanol–water partition coefficient (Wildman–Crippen LogP) is 0.816. The number of carbonyl (C=O) groups is 1. The number of hydrogen-bond donors (Lipinski definition) is 2. The van der Waals surface area contributed by atoms with Crippen molar-refractivity contribution in [1.82, 2.24) is 19.9 Å². The normalized spacial score (nSPS) is 20.8. The summed E-state index contributed by atoms with van der Waals surface area (Å²) < 4.78 is 1.86. The van der Waals surface area contributed by atoms with E-state index in [1.165, 1.54) is 0 Å². The minimum Gasteiger partial charge on any atom is -0.386 e. The Morgan fingerprint density at radius 1 is 1.38 bits per heavy atom. The van der Waals surface area contributed by atoms with E-state index >= 15 is 0 Å². The lowest BCUT2D eigenvalue weighted by Crippen LogP contribution is -2.54. The fourth-order valence-electron chi connectivity index (χ4n) is 2.99. The average Bonchev–Trinajstić information content (AvgIpc) is 3.13. The number of pyridine rings is 1. The number of imidazole rings is 1.